The Balaban J connectivity index is 1.62. The molecule has 3 aromatic carbocycles. The summed E-state index contributed by atoms with van der Waals surface area (Å²) in [5, 5.41) is 11.2. The zero-order valence-corrected chi connectivity index (χ0v) is 20.2. The summed E-state index contributed by atoms with van der Waals surface area (Å²) in [6, 6.07) is 12.5. The number of nitro benzene ring substituents is 1. The van der Waals surface area contributed by atoms with Gasteiger partial charge in [-0.1, -0.05) is 23.7 Å². The molecule has 0 aliphatic carbocycles. The lowest BCUT2D eigenvalue weighted by molar-refractivity contribution is -0.385. The smallest absolute Gasteiger partial charge is 0.416 e. The summed E-state index contributed by atoms with van der Waals surface area (Å²) < 4.78 is 49.7. The van der Waals surface area contributed by atoms with Crippen molar-refractivity contribution < 1.29 is 37.2 Å². The number of imide groups is 1. The fourth-order valence-electron chi connectivity index (χ4n) is 3.36. The Hall–Kier alpha value is -4.03. The van der Waals surface area contributed by atoms with Gasteiger partial charge in [0, 0.05) is 11.1 Å². The number of amides is 2. The van der Waals surface area contributed by atoms with E-state index in [0.717, 1.165) is 22.7 Å². The van der Waals surface area contributed by atoms with E-state index in [1.807, 2.05) is 0 Å². The molecule has 0 atom stereocenters. The number of halogens is 4. The van der Waals surface area contributed by atoms with Crippen molar-refractivity contribution >= 4 is 52.0 Å². The second-order valence-electron chi connectivity index (χ2n) is 7.45. The molecule has 2 amide bonds. The first-order chi connectivity index (χ1) is 17.5. The zero-order valence-electron chi connectivity index (χ0n) is 18.6. The third-order valence-electron chi connectivity index (χ3n) is 5.05. The van der Waals surface area contributed by atoms with Crippen molar-refractivity contribution in [2.75, 3.05) is 12.0 Å². The summed E-state index contributed by atoms with van der Waals surface area (Å²) in [4.78, 5) is 36.8. The highest BCUT2D eigenvalue weighted by molar-refractivity contribution is 8.19. The van der Waals surface area contributed by atoms with Gasteiger partial charge in [-0.25, -0.2) is 4.90 Å². The molecule has 1 saturated heterocycles. The Bertz CT molecular complexity index is 1460. The number of benzene rings is 3. The lowest BCUT2D eigenvalue weighted by atomic mass is 10.1. The minimum Gasteiger partial charge on any atom is -0.493 e. The standard InChI is InChI=1S/C24H14ClF3N2O6S/c1-35-20-9-13(10-21-22(31)29(23(32)37-21)16-4-2-3-15(25)12-16)5-7-19(20)36-18-8-6-14(24(26,27)28)11-17(18)30(33)34/h2-12H,1H3/b21-10-. The van der Waals surface area contributed by atoms with Crippen LogP contribution in [0.1, 0.15) is 11.1 Å². The van der Waals surface area contributed by atoms with E-state index in [-0.39, 0.29) is 16.4 Å². The quantitative estimate of drug-likeness (QED) is 0.180. The number of alkyl halides is 3. The maximum atomic E-state index is 13.0. The second-order valence-corrected chi connectivity index (χ2v) is 8.88. The molecule has 37 heavy (non-hydrogen) atoms. The average Bonchev–Trinajstić information content (AvgIpc) is 3.11. The predicted octanol–water partition coefficient (Wildman–Crippen LogP) is 7.31. The van der Waals surface area contributed by atoms with Crippen LogP contribution in [0.4, 0.5) is 29.3 Å². The lowest BCUT2D eigenvalue weighted by Gasteiger charge is -2.13. The van der Waals surface area contributed by atoms with Crippen molar-refractivity contribution in [3.63, 3.8) is 0 Å². The van der Waals surface area contributed by atoms with Crippen LogP contribution in [0.5, 0.6) is 17.2 Å². The van der Waals surface area contributed by atoms with Gasteiger partial charge >= 0.3 is 11.9 Å². The van der Waals surface area contributed by atoms with E-state index in [4.69, 9.17) is 21.1 Å². The first-order valence-electron chi connectivity index (χ1n) is 10.2. The number of hydrogen-bond donors (Lipinski definition) is 0. The van der Waals surface area contributed by atoms with Gasteiger partial charge in [0.15, 0.2) is 11.5 Å². The van der Waals surface area contributed by atoms with Crippen LogP contribution in [0.3, 0.4) is 0 Å². The number of hydrogen-bond acceptors (Lipinski definition) is 7. The van der Waals surface area contributed by atoms with Gasteiger partial charge in [-0.2, -0.15) is 13.2 Å². The maximum absolute atomic E-state index is 13.0. The van der Waals surface area contributed by atoms with Crippen LogP contribution in [0.25, 0.3) is 6.08 Å². The molecule has 1 heterocycles. The summed E-state index contributed by atoms with van der Waals surface area (Å²) in [7, 11) is 1.29. The van der Waals surface area contributed by atoms with Crippen LogP contribution in [0, 0.1) is 10.1 Å². The lowest BCUT2D eigenvalue weighted by Crippen LogP contribution is -2.27. The van der Waals surface area contributed by atoms with E-state index in [1.54, 1.807) is 18.2 Å². The molecule has 3 aromatic rings. The largest absolute Gasteiger partial charge is 0.493 e. The fourth-order valence-corrected chi connectivity index (χ4v) is 4.38. The molecule has 0 radical (unpaired) electrons. The van der Waals surface area contributed by atoms with E-state index in [2.05, 4.69) is 0 Å². The molecule has 0 spiro atoms. The number of methoxy groups -OCH3 is 1. The number of nitrogens with zero attached hydrogens (tertiary/aromatic N) is 2. The van der Waals surface area contributed by atoms with Gasteiger partial charge in [-0.3, -0.25) is 19.7 Å². The zero-order chi connectivity index (χ0) is 26.9. The van der Waals surface area contributed by atoms with Gasteiger partial charge in [0.25, 0.3) is 11.1 Å². The Kier molecular flexibility index (Phi) is 7.14. The Labute approximate surface area is 216 Å². The number of carbonyl (C=O) groups is 2. The molecule has 0 unspecified atom stereocenters. The molecule has 13 heteroatoms. The second kappa shape index (κ2) is 10.1. The molecule has 8 nitrogen and oxygen atoms in total. The summed E-state index contributed by atoms with van der Waals surface area (Å²) in [6.45, 7) is 0. The van der Waals surface area contributed by atoms with Crippen LogP contribution >= 0.6 is 23.4 Å². The average molecular weight is 551 g/mol. The monoisotopic (exact) mass is 550 g/mol. The molecule has 1 aliphatic rings. The fraction of sp³-hybridized carbons (Fsp3) is 0.0833. The molecule has 190 valence electrons. The summed E-state index contributed by atoms with van der Waals surface area (Å²) in [5.41, 5.74) is -1.32. The summed E-state index contributed by atoms with van der Waals surface area (Å²) in [5.74, 6) is -0.921. The predicted molar refractivity (Wildman–Crippen MR) is 131 cm³/mol. The minimum atomic E-state index is -4.77. The van der Waals surface area contributed by atoms with E-state index < -0.39 is 39.2 Å². The van der Waals surface area contributed by atoms with Gasteiger partial charge in [0.1, 0.15) is 0 Å². The number of anilines is 1. The first-order valence-corrected chi connectivity index (χ1v) is 11.4. The van der Waals surface area contributed by atoms with Crippen molar-refractivity contribution in [2.45, 2.75) is 6.18 Å². The number of thioether (sulfide) groups is 1. The Morgan fingerprint density at radius 3 is 2.41 bits per heavy atom. The number of nitro groups is 1. The minimum absolute atomic E-state index is 0.0189. The molecule has 0 N–H and O–H groups in total. The van der Waals surface area contributed by atoms with Gasteiger partial charge < -0.3 is 9.47 Å². The Morgan fingerprint density at radius 1 is 1.03 bits per heavy atom. The van der Waals surface area contributed by atoms with Crippen LogP contribution in [0.15, 0.2) is 65.6 Å². The van der Waals surface area contributed by atoms with E-state index >= 15 is 0 Å². The normalized spacial score (nSPS) is 14.8. The summed E-state index contributed by atoms with van der Waals surface area (Å²) in [6.07, 6.45) is -3.32. The highest BCUT2D eigenvalue weighted by Gasteiger charge is 2.36. The summed E-state index contributed by atoms with van der Waals surface area (Å²) >= 11 is 6.68. The molecule has 4 rings (SSSR count). The highest BCUT2D eigenvalue weighted by atomic mass is 35.5. The molecule has 0 saturated carbocycles. The number of ether oxygens (including phenoxy) is 2. The van der Waals surface area contributed by atoms with Crippen molar-refractivity contribution in [2.24, 2.45) is 0 Å². The van der Waals surface area contributed by atoms with Gasteiger partial charge in [-0.05, 0) is 65.9 Å². The third kappa shape index (κ3) is 5.54. The number of carbonyl (C=O) groups excluding carboxylic acids is 2. The molecular formula is C24H14ClF3N2O6S. The third-order valence-corrected chi connectivity index (χ3v) is 6.15. The van der Waals surface area contributed by atoms with Crippen molar-refractivity contribution in [3.05, 3.63) is 91.8 Å². The van der Waals surface area contributed by atoms with Crippen molar-refractivity contribution in [3.8, 4) is 17.2 Å². The van der Waals surface area contributed by atoms with Crippen LogP contribution in [0.2, 0.25) is 5.02 Å². The van der Waals surface area contributed by atoms with Crippen molar-refractivity contribution in [1.82, 2.24) is 0 Å². The van der Waals surface area contributed by atoms with Crippen molar-refractivity contribution in [1.29, 1.82) is 0 Å². The first kappa shape index (κ1) is 26.0. The number of rotatable bonds is 6. The van der Waals surface area contributed by atoms with Gasteiger partial charge in [0.05, 0.1) is 28.2 Å². The Morgan fingerprint density at radius 2 is 1.76 bits per heavy atom. The molecule has 1 aliphatic heterocycles. The topological polar surface area (TPSA) is 99.0 Å². The van der Waals surface area contributed by atoms with Crippen LogP contribution < -0.4 is 14.4 Å². The molecule has 0 bridgehead atoms. The molecule has 0 aromatic heterocycles. The highest BCUT2D eigenvalue weighted by Crippen LogP contribution is 2.41. The van der Waals surface area contributed by atoms with Gasteiger partial charge in [0.2, 0.25) is 5.75 Å². The van der Waals surface area contributed by atoms with Gasteiger partial charge in [-0.15, -0.1) is 0 Å². The SMILES string of the molecule is COc1cc(/C=C2\SC(=O)N(c3cccc(Cl)c3)C2=O)ccc1Oc1ccc(C(F)(F)F)cc1[N+](=O)[O-]. The molecule has 1 fully saturated rings. The van der Waals surface area contributed by atoms with Crippen LogP contribution in [-0.4, -0.2) is 23.2 Å². The van der Waals surface area contributed by atoms with Crippen LogP contribution in [-0.2, 0) is 11.0 Å². The maximum Gasteiger partial charge on any atom is 0.416 e. The van der Waals surface area contributed by atoms with E-state index in [9.17, 15) is 32.9 Å². The van der Waals surface area contributed by atoms with E-state index in [1.165, 1.54) is 37.5 Å². The molecular weight excluding hydrogens is 537 g/mol. The van der Waals surface area contributed by atoms with E-state index in [0.29, 0.717) is 28.4 Å².